The van der Waals surface area contributed by atoms with E-state index in [1.807, 2.05) is 59.2 Å². The smallest absolute Gasteiger partial charge is 0.410 e. The van der Waals surface area contributed by atoms with Crippen molar-refractivity contribution in [2.24, 2.45) is 34.3 Å². The summed E-state index contributed by atoms with van der Waals surface area (Å²) < 4.78 is 51.3. The zero-order chi connectivity index (χ0) is 73.3. The maximum absolute atomic E-state index is 14.0. The highest BCUT2D eigenvalue weighted by molar-refractivity contribution is 7.85. The Morgan fingerprint density at radius 2 is 1.62 bits per heavy atom. The van der Waals surface area contributed by atoms with Crippen LogP contribution in [0.3, 0.4) is 0 Å². The van der Waals surface area contributed by atoms with Gasteiger partial charge in [0.2, 0.25) is 5.91 Å². The number of nitrogens with one attached hydrogen (secondary N) is 3. The normalized spacial score (nSPS) is 20.1. The van der Waals surface area contributed by atoms with Crippen molar-refractivity contribution in [2.75, 3.05) is 55.3 Å². The molecule has 2 bridgehead atoms. The first-order chi connectivity index (χ1) is 48.4. The summed E-state index contributed by atoms with van der Waals surface area (Å²) in [6, 6.07) is 16.1. The summed E-state index contributed by atoms with van der Waals surface area (Å²) in [7, 11) is -4.51. The molecule has 28 nitrogen and oxygen atoms in total. The molecule has 2 aliphatic heterocycles. The Morgan fingerprint density at radius 1 is 0.873 bits per heavy atom. The zero-order valence-electron chi connectivity index (χ0n) is 58.5. The van der Waals surface area contributed by atoms with Gasteiger partial charge < -0.3 is 45.3 Å². The average Bonchev–Trinajstić information content (AvgIpc) is 0.749. The van der Waals surface area contributed by atoms with Crippen LogP contribution in [0.1, 0.15) is 155 Å². The maximum atomic E-state index is 14.0. The number of pyridine rings is 1. The highest BCUT2D eigenvalue weighted by atomic mass is 32.2. The third kappa shape index (κ3) is 19.3. The fourth-order valence-electron chi connectivity index (χ4n) is 15.7. The van der Waals surface area contributed by atoms with Crippen molar-refractivity contribution in [1.82, 2.24) is 49.7 Å². The number of imidazole rings is 1. The van der Waals surface area contributed by atoms with Gasteiger partial charge in [0, 0.05) is 100.0 Å². The molecule has 4 unspecified atom stereocenters. The number of anilines is 2. The number of hydrogen-bond acceptors (Lipinski definition) is 19. The fraction of sp³-hybridized carbons (Fsp3) is 0.514. The zero-order valence-corrected chi connectivity index (χ0v) is 60.1. The van der Waals surface area contributed by atoms with E-state index in [-0.39, 0.29) is 117 Å². The minimum atomic E-state index is -4.51. The molecule has 2 saturated carbocycles. The second-order valence-corrected chi connectivity index (χ2v) is 31.4. The van der Waals surface area contributed by atoms with Gasteiger partial charge in [-0.25, -0.2) is 29.3 Å². The van der Waals surface area contributed by atoms with E-state index in [0.717, 1.165) is 40.1 Å². The average molecular weight is 1440 g/mol. The first-order valence-corrected chi connectivity index (χ1v) is 37.1. The third-order valence-electron chi connectivity index (χ3n) is 19.8. The number of para-hydroxylation sites is 1. The van der Waals surface area contributed by atoms with Gasteiger partial charge in [-0.15, -0.1) is 0 Å². The molecule has 2 aliphatic carbocycles. The minimum Gasteiger partial charge on any atom is -0.476 e. The highest BCUT2D eigenvalue weighted by Gasteiger charge is 2.55. The van der Waals surface area contributed by atoms with Gasteiger partial charge in [-0.1, -0.05) is 81.9 Å². The molecule has 6 heterocycles. The molecule has 2 fully saturated rings. The molecule has 7 N–H and O–H groups in total. The number of aromatic carboxylic acids is 1. The van der Waals surface area contributed by atoms with E-state index in [4.69, 9.17) is 25.3 Å². The van der Waals surface area contributed by atoms with Crippen molar-refractivity contribution in [3.63, 3.8) is 0 Å². The lowest BCUT2D eigenvalue weighted by atomic mass is 9.50. The number of nitrogens with zero attached hydrogens (tertiary/aromatic N) is 9. The number of carbonyl (C=O) groups excluding carboxylic acids is 8. The van der Waals surface area contributed by atoms with Crippen LogP contribution >= 0.6 is 11.3 Å². The minimum absolute atomic E-state index is 0.00403. The highest BCUT2D eigenvalue weighted by Crippen LogP contribution is 2.61. The predicted molar refractivity (Wildman–Crippen MR) is 380 cm³/mol. The lowest BCUT2D eigenvalue weighted by Crippen LogP contribution is -2.54. The van der Waals surface area contributed by atoms with Crippen LogP contribution in [-0.4, -0.2) is 167 Å². The van der Waals surface area contributed by atoms with Crippen LogP contribution in [0.4, 0.5) is 20.5 Å². The number of carboxylic acids is 1. The number of unbranched alkanes of at least 4 members (excludes halogenated alkanes) is 2. The summed E-state index contributed by atoms with van der Waals surface area (Å²) in [5, 5.41) is 24.3. The number of urea groups is 1. The number of nitrogens with two attached hydrogens (primary N) is 1. The SMILES string of the molecule is Cc1c(-c2ccc(N3CCn4cnc(C(=O)Nc5nc6ccccc6s5)c4C3)nc2C(=O)O)cnn1CC12CC(C)CC(C)(C1)CC(C)(OCCN(CCS(=O)(=O)O)C(=O)OCc1ccc(CC(=O)[C@H](CCCNC(N)=O)NC(=O)[C@@H](CC(=O)CCCCCN3C(=O)C=CC3=O)C(C)C)cc1)C2. The van der Waals surface area contributed by atoms with Crippen molar-refractivity contribution in [1.29, 1.82) is 0 Å². The maximum Gasteiger partial charge on any atom is 0.410 e. The number of carbonyl (C=O) groups is 9. The molecule has 10 rings (SSSR count). The van der Waals surface area contributed by atoms with Crippen molar-refractivity contribution >= 4 is 95.9 Å². The number of amides is 7. The van der Waals surface area contributed by atoms with E-state index in [9.17, 15) is 61.2 Å². The van der Waals surface area contributed by atoms with Crippen molar-refractivity contribution in [2.45, 2.75) is 163 Å². The van der Waals surface area contributed by atoms with Crippen LogP contribution in [0.15, 0.2) is 85.3 Å². The number of thiazole rings is 1. The topological polar surface area (TPSA) is 380 Å². The number of primary amides is 1. The van der Waals surface area contributed by atoms with Gasteiger partial charge in [-0.2, -0.15) is 13.5 Å². The Hall–Kier alpha value is -9.26. The summed E-state index contributed by atoms with van der Waals surface area (Å²) in [4.78, 5) is 135. The number of ether oxygens (including phenoxy) is 2. The molecule has 546 valence electrons. The molecule has 0 spiro atoms. The largest absolute Gasteiger partial charge is 0.476 e. The molecule has 0 radical (unpaired) electrons. The Kier molecular flexibility index (Phi) is 23.9. The van der Waals surface area contributed by atoms with Gasteiger partial charge in [-0.05, 0) is 130 Å². The summed E-state index contributed by atoms with van der Waals surface area (Å²) in [6.45, 7) is 13.6. The Bertz CT molecular complexity index is 4230. The molecular formula is C72H91N13O15S2. The van der Waals surface area contributed by atoms with E-state index < -0.39 is 69.9 Å². The molecule has 30 heteroatoms. The monoisotopic (exact) mass is 1440 g/mol. The predicted octanol–water partition coefficient (Wildman–Crippen LogP) is 8.70. The lowest BCUT2D eigenvalue weighted by molar-refractivity contribution is -0.163. The number of aromatic nitrogens is 6. The Balaban J connectivity index is 0.740. The molecular weight excluding hydrogens is 1350 g/mol. The molecule has 6 atom stereocenters. The van der Waals surface area contributed by atoms with Crippen molar-refractivity contribution in [3.8, 4) is 11.1 Å². The van der Waals surface area contributed by atoms with E-state index in [0.29, 0.717) is 103 Å². The summed E-state index contributed by atoms with van der Waals surface area (Å²) >= 11 is 1.37. The summed E-state index contributed by atoms with van der Waals surface area (Å²) in [5.41, 5.74) is 8.51. The van der Waals surface area contributed by atoms with Crippen LogP contribution < -0.4 is 26.6 Å². The molecule has 4 aliphatic rings. The van der Waals surface area contributed by atoms with E-state index in [1.165, 1.54) is 28.4 Å². The molecule has 102 heavy (non-hydrogen) atoms. The Morgan fingerprint density at radius 3 is 2.33 bits per heavy atom. The fourth-order valence-corrected chi connectivity index (χ4v) is 17.0. The number of hydrogen-bond donors (Lipinski definition) is 6. The molecule has 0 saturated heterocycles. The number of benzene rings is 2. The summed E-state index contributed by atoms with van der Waals surface area (Å²) in [6.07, 6.45) is 11.1. The standard InChI is InChI=1S/C72H91N13O15S2/c1-45(2)52(34-50(86)13-8-7-11-26-84-60(88)23-24-61(84)89)64(90)77-54(15-12-25-74-67(73)94)57(87)33-48-17-19-49(20-18-48)39-99-69(95)81(30-32-102(96,97)98)29-31-100-71(6)40-70(5)35-46(3)36-72(41-70,42-71)43-85-47(4)53(37-76-85)51-21-22-59(79-62(51)66(92)93)82-27-28-83-44-75-63(56(83)38-82)65(91)80-68-78-55-14-9-10-16-58(55)101-68/h9-10,14,16-24,37,44-46,52,54H,7-8,11-13,15,25-36,38-43H2,1-6H3,(H,77,90)(H,92,93)(H3,73,74,94)(H,78,80,91)(H,96,97,98)/t46?,52-,54-,70?,71?,72?/m0/s1. The third-order valence-corrected chi connectivity index (χ3v) is 21.5. The molecule has 2 aromatic carbocycles. The Labute approximate surface area is 596 Å². The first-order valence-electron chi connectivity index (χ1n) is 34.7. The van der Waals surface area contributed by atoms with E-state index in [2.05, 4.69) is 46.7 Å². The molecule has 4 aromatic heterocycles. The second kappa shape index (κ2) is 32.4. The molecule has 7 amide bonds. The van der Waals surface area contributed by atoms with Gasteiger partial charge in [0.1, 0.15) is 18.2 Å². The number of fused-ring (bicyclic) bond motifs is 4. The van der Waals surface area contributed by atoms with Gasteiger partial charge in [-0.3, -0.25) is 48.2 Å². The van der Waals surface area contributed by atoms with Gasteiger partial charge in [0.25, 0.3) is 27.8 Å². The number of carboxylic acid groups (broad SMARTS) is 1. The van der Waals surface area contributed by atoms with Crippen LogP contribution in [0.2, 0.25) is 0 Å². The first kappa shape index (κ1) is 75.4. The summed E-state index contributed by atoms with van der Waals surface area (Å²) in [5.74, 6) is -4.22. The van der Waals surface area contributed by atoms with Crippen LogP contribution in [0, 0.1) is 35.5 Å². The van der Waals surface area contributed by atoms with Crippen molar-refractivity contribution in [3.05, 3.63) is 119 Å². The van der Waals surface area contributed by atoms with Gasteiger partial charge in [0.15, 0.2) is 22.3 Å². The second-order valence-electron chi connectivity index (χ2n) is 28.8. The molecule has 6 aromatic rings. The van der Waals surface area contributed by atoms with E-state index in [1.54, 1.807) is 48.9 Å². The number of ketones is 2. The number of Topliss-reactive ketones (excluding diaryl/α,β-unsaturated/α-hetero) is 2. The quantitative estimate of drug-likeness (QED) is 0.0125. The number of rotatable bonds is 34. The van der Waals surface area contributed by atoms with Crippen LogP contribution in [0.25, 0.3) is 21.3 Å². The van der Waals surface area contributed by atoms with Crippen LogP contribution in [-0.2, 0) is 76.2 Å². The van der Waals surface area contributed by atoms with Gasteiger partial charge >= 0.3 is 18.1 Å². The lowest BCUT2D eigenvalue weighted by Gasteiger charge is -2.59. The van der Waals surface area contributed by atoms with Gasteiger partial charge in [0.05, 0.1) is 59.0 Å². The van der Waals surface area contributed by atoms with Crippen molar-refractivity contribution < 1.29 is 70.7 Å². The van der Waals surface area contributed by atoms with Crippen LogP contribution in [0.5, 0.6) is 0 Å². The van der Waals surface area contributed by atoms with E-state index >= 15 is 0 Å². The number of imide groups is 1.